The van der Waals surface area contributed by atoms with Gasteiger partial charge in [0.1, 0.15) is 0 Å². The molecular formula is C13H19N3O. The maximum Gasteiger partial charge on any atom is 0.234 e. The maximum atomic E-state index is 11.7. The van der Waals surface area contributed by atoms with Crippen molar-refractivity contribution >= 4 is 5.91 Å². The average Bonchev–Trinajstić information content (AvgIpc) is 2.38. The van der Waals surface area contributed by atoms with Gasteiger partial charge in [-0.05, 0) is 5.56 Å². The quantitative estimate of drug-likeness (QED) is 0.841. The van der Waals surface area contributed by atoms with E-state index in [2.05, 4.69) is 22.5 Å². The minimum atomic E-state index is 0.107. The number of nitrogens with one attached hydrogen (secondary N) is 1. The molecule has 0 radical (unpaired) electrons. The molecule has 2 rings (SSSR count). The second kappa shape index (κ2) is 5.80. The van der Waals surface area contributed by atoms with Crippen LogP contribution in [-0.4, -0.2) is 42.1 Å². The van der Waals surface area contributed by atoms with E-state index in [-0.39, 0.29) is 5.91 Å². The molecule has 4 heteroatoms. The molecule has 0 spiro atoms. The van der Waals surface area contributed by atoms with Gasteiger partial charge in [-0.2, -0.15) is 0 Å². The third-order valence-electron chi connectivity index (χ3n) is 2.97. The standard InChI is InChI=1S/C13H19N3O/c1-12(17)16(15-9-7-14-8-10-15)11-13-5-3-2-4-6-13/h2-6,14H,7-11H2,1H3. The molecule has 92 valence electrons. The Labute approximate surface area is 102 Å². The zero-order valence-corrected chi connectivity index (χ0v) is 10.2. The lowest BCUT2D eigenvalue weighted by Crippen LogP contribution is -2.53. The molecule has 1 fully saturated rings. The fourth-order valence-electron chi connectivity index (χ4n) is 2.06. The number of nitrogens with zero attached hydrogens (tertiary/aromatic N) is 2. The van der Waals surface area contributed by atoms with Crippen LogP contribution >= 0.6 is 0 Å². The molecule has 1 aliphatic rings. The van der Waals surface area contributed by atoms with Gasteiger partial charge in [-0.1, -0.05) is 30.3 Å². The van der Waals surface area contributed by atoms with Crippen molar-refractivity contribution in [1.82, 2.24) is 15.3 Å². The third kappa shape index (κ3) is 3.28. The number of amides is 1. The molecule has 1 saturated heterocycles. The van der Waals surface area contributed by atoms with E-state index in [0.717, 1.165) is 26.2 Å². The highest BCUT2D eigenvalue weighted by Crippen LogP contribution is 2.08. The third-order valence-corrected chi connectivity index (χ3v) is 2.97. The fourth-order valence-corrected chi connectivity index (χ4v) is 2.06. The van der Waals surface area contributed by atoms with Crippen molar-refractivity contribution in [2.75, 3.05) is 26.2 Å². The first-order valence-corrected chi connectivity index (χ1v) is 6.05. The van der Waals surface area contributed by atoms with E-state index in [4.69, 9.17) is 0 Å². The maximum absolute atomic E-state index is 11.7. The average molecular weight is 233 g/mol. The molecule has 0 atom stereocenters. The summed E-state index contributed by atoms with van der Waals surface area (Å²) in [6.45, 7) is 5.97. The molecule has 0 bridgehead atoms. The highest BCUT2D eigenvalue weighted by atomic mass is 16.2. The monoisotopic (exact) mass is 233 g/mol. The summed E-state index contributed by atoms with van der Waals surface area (Å²) in [5.74, 6) is 0.107. The number of rotatable bonds is 3. The van der Waals surface area contributed by atoms with E-state index in [1.54, 1.807) is 6.92 Å². The Kier molecular flexibility index (Phi) is 4.12. The van der Waals surface area contributed by atoms with Crippen molar-refractivity contribution < 1.29 is 4.79 Å². The van der Waals surface area contributed by atoms with Crippen LogP contribution in [0.3, 0.4) is 0 Å². The predicted octanol–water partition coefficient (Wildman–Crippen LogP) is 0.855. The lowest BCUT2D eigenvalue weighted by Gasteiger charge is -2.37. The number of carbonyl (C=O) groups excluding carboxylic acids is 1. The van der Waals surface area contributed by atoms with Crippen LogP contribution in [0.5, 0.6) is 0 Å². The summed E-state index contributed by atoms with van der Waals surface area (Å²) in [7, 11) is 0. The molecular weight excluding hydrogens is 214 g/mol. The van der Waals surface area contributed by atoms with Crippen molar-refractivity contribution in [3.8, 4) is 0 Å². The van der Waals surface area contributed by atoms with Gasteiger partial charge in [0.2, 0.25) is 5.91 Å². The van der Waals surface area contributed by atoms with Gasteiger partial charge in [0.25, 0.3) is 0 Å². The molecule has 1 N–H and O–H groups in total. The van der Waals surface area contributed by atoms with Crippen LogP contribution in [-0.2, 0) is 11.3 Å². The van der Waals surface area contributed by atoms with Crippen LogP contribution in [0.2, 0.25) is 0 Å². The Morgan fingerprint density at radius 3 is 2.53 bits per heavy atom. The SMILES string of the molecule is CC(=O)N(Cc1ccccc1)N1CCNCC1. The number of hydrogen-bond donors (Lipinski definition) is 1. The first-order valence-electron chi connectivity index (χ1n) is 6.05. The van der Waals surface area contributed by atoms with Gasteiger partial charge in [-0.15, -0.1) is 0 Å². The van der Waals surface area contributed by atoms with Crippen molar-refractivity contribution in [2.45, 2.75) is 13.5 Å². The van der Waals surface area contributed by atoms with Gasteiger partial charge in [-0.3, -0.25) is 9.80 Å². The van der Waals surface area contributed by atoms with Gasteiger partial charge in [0.05, 0.1) is 6.54 Å². The van der Waals surface area contributed by atoms with Crippen molar-refractivity contribution in [3.05, 3.63) is 35.9 Å². The molecule has 0 aromatic heterocycles. The molecule has 1 heterocycles. The molecule has 1 amide bonds. The van der Waals surface area contributed by atoms with Crippen LogP contribution < -0.4 is 5.32 Å². The zero-order valence-electron chi connectivity index (χ0n) is 10.2. The zero-order chi connectivity index (χ0) is 12.1. The largest absolute Gasteiger partial charge is 0.314 e. The van der Waals surface area contributed by atoms with E-state index in [9.17, 15) is 4.79 Å². The van der Waals surface area contributed by atoms with Crippen LogP contribution in [0.15, 0.2) is 30.3 Å². The normalized spacial score (nSPS) is 16.8. The second-order valence-electron chi connectivity index (χ2n) is 4.27. The first kappa shape index (κ1) is 12.1. The number of carbonyl (C=O) groups is 1. The van der Waals surface area contributed by atoms with Gasteiger partial charge >= 0.3 is 0 Å². The molecule has 0 aliphatic carbocycles. The molecule has 17 heavy (non-hydrogen) atoms. The topological polar surface area (TPSA) is 35.6 Å². The summed E-state index contributed by atoms with van der Waals surface area (Å²) < 4.78 is 0. The highest BCUT2D eigenvalue weighted by Gasteiger charge is 2.20. The number of hydrazine groups is 1. The lowest BCUT2D eigenvalue weighted by molar-refractivity contribution is -0.149. The molecule has 1 aliphatic heterocycles. The van der Waals surface area contributed by atoms with Gasteiger partial charge < -0.3 is 5.32 Å². The predicted molar refractivity (Wildman–Crippen MR) is 67.1 cm³/mol. The molecule has 0 saturated carbocycles. The van der Waals surface area contributed by atoms with Gasteiger partial charge in [0, 0.05) is 33.1 Å². The Balaban J connectivity index is 2.04. The Bertz CT molecular complexity index is 360. The van der Waals surface area contributed by atoms with Crippen molar-refractivity contribution in [3.63, 3.8) is 0 Å². The summed E-state index contributed by atoms with van der Waals surface area (Å²) in [5, 5.41) is 7.27. The van der Waals surface area contributed by atoms with Crippen LogP contribution in [0, 0.1) is 0 Å². The number of benzene rings is 1. The molecule has 0 unspecified atom stereocenters. The van der Waals surface area contributed by atoms with E-state index in [0.29, 0.717) is 6.54 Å². The number of hydrogen-bond acceptors (Lipinski definition) is 3. The summed E-state index contributed by atoms with van der Waals surface area (Å²) in [5.41, 5.74) is 1.17. The smallest absolute Gasteiger partial charge is 0.234 e. The first-order chi connectivity index (χ1) is 8.27. The molecule has 4 nitrogen and oxygen atoms in total. The minimum absolute atomic E-state index is 0.107. The van der Waals surface area contributed by atoms with Crippen molar-refractivity contribution in [1.29, 1.82) is 0 Å². The summed E-state index contributed by atoms with van der Waals surface area (Å²) in [4.78, 5) is 11.7. The highest BCUT2D eigenvalue weighted by molar-refractivity contribution is 5.72. The van der Waals surface area contributed by atoms with Crippen LogP contribution in [0.1, 0.15) is 12.5 Å². The van der Waals surface area contributed by atoms with Crippen molar-refractivity contribution in [2.24, 2.45) is 0 Å². The van der Waals surface area contributed by atoms with Gasteiger partial charge in [-0.25, -0.2) is 5.01 Å². The van der Waals surface area contributed by atoms with Crippen LogP contribution in [0.25, 0.3) is 0 Å². The van der Waals surface area contributed by atoms with Gasteiger partial charge in [0.15, 0.2) is 0 Å². The lowest BCUT2D eigenvalue weighted by atomic mass is 10.2. The second-order valence-corrected chi connectivity index (χ2v) is 4.27. The summed E-state index contributed by atoms with van der Waals surface area (Å²) >= 11 is 0. The Hall–Kier alpha value is -1.39. The molecule has 1 aromatic rings. The van der Waals surface area contributed by atoms with E-state index >= 15 is 0 Å². The van der Waals surface area contributed by atoms with E-state index in [1.165, 1.54) is 5.56 Å². The van der Waals surface area contributed by atoms with E-state index in [1.807, 2.05) is 23.2 Å². The van der Waals surface area contributed by atoms with Crippen LogP contribution in [0.4, 0.5) is 0 Å². The summed E-state index contributed by atoms with van der Waals surface area (Å²) in [6, 6.07) is 10.1. The van der Waals surface area contributed by atoms with E-state index < -0.39 is 0 Å². The number of piperazine rings is 1. The Morgan fingerprint density at radius 2 is 1.94 bits per heavy atom. The fraction of sp³-hybridized carbons (Fsp3) is 0.462. The summed E-state index contributed by atoms with van der Waals surface area (Å²) in [6.07, 6.45) is 0. The molecule has 1 aromatic carbocycles. The Morgan fingerprint density at radius 1 is 1.29 bits per heavy atom. The minimum Gasteiger partial charge on any atom is -0.314 e.